The largest absolute Gasteiger partial charge is 0.387 e. The molecule has 3 heterocycles. The fraction of sp³-hybridized carbons (Fsp3) is 0.0500. The fourth-order valence-corrected chi connectivity index (χ4v) is 2.93. The number of benzene rings is 2. The van der Waals surface area contributed by atoms with Gasteiger partial charge in [-0.2, -0.15) is 5.10 Å². The Morgan fingerprint density at radius 1 is 1.03 bits per heavy atom. The predicted octanol–water partition coefficient (Wildman–Crippen LogP) is 3.15. The summed E-state index contributed by atoms with van der Waals surface area (Å²) in [7, 11) is 0. The molecule has 0 aliphatic heterocycles. The lowest BCUT2D eigenvalue weighted by Crippen LogP contribution is -1.98. The zero-order chi connectivity index (χ0) is 19.6. The highest BCUT2D eigenvalue weighted by atomic mass is 19.1. The van der Waals surface area contributed by atoms with Crippen LogP contribution >= 0.6 is 0 Å². The van der Waals surface area contributed by atoms with Crippen molar-refractivity contribution in [1.82, 2.24) is 29.4 Å². The standard InChI is InChI=1S/C20H14FN7O/c21-15-8-6-14(7-9-15)10-24-29-12-18-25-20-17-11-23-28(16-4-2-1-3-5-16)19(17)22-13-27(20)26-18/h1-11,13H,12H2. The first-order chi connectivity index (χ1) is 14.3. The van der Waals surface area contributed by atoms with Crippen LogP contribution in [0.3, 0.4) is 0 Å². The van der Waals surface area contributed by atoms with Gasteiger partial charge < -0.3 is 4.84 Å². The van der Waals surface area contributed by atoms with Gasteiger partial charge in [-0.05, 0) is 29.8 Å². The molecule has 0 saturated carbocycles. The van der Waals surface area contributed by atoms with Gasteiger partial charge in [0.05, 0.1) is 23.5 Å². The Labute approximate surface area is 163 Å². The molecule has 0 bridgehead atoms. The van der Waals surface area contributed by atoms with Crippen LogP contribution in [0.25, 0.3) is 22.4 Å². The van der Waals surface area contributed by atoms with Crippen molar-refractivity contribution in [1.29, 1.82) is 0 Å². The smallest absolute Gasteiger partial charge is 0.192 e. The molecule has 0 radical (unpaired) electrons. The van der Waals surface area contributed by atoms with Crippen molar-refractivity contribution in [2.45, 2.75) is 6.61 Å². The molecule has 5 rings (SSSR count). The quantitative estimate of drug-likeness (QED) is 0.342. The van der Waals surface area contributed by atoms with Crippen LogP contribution in [-0.4, -0.2) is 35.6 Å². The van der Waals surface area contributed by atoms with Gasteiger partial charge in [0, 0.05) is 0 Å². The van der Waals surface area contributed by atoms with Crippen LogP contribution in [0.2, 0.25) is 0 Å². The van der Waals surface area contributed by atoms with Crippen molar-refractivity contribution in [2.75, 3.05) is 0 Å². The molecule has 0 saturated heterocycles. The molecule has 142 valence electrons. The first-order valence-corrected chi connectivity index (χ1v) is 8.82. The minimum Gasteiger partial charge on any atom is -0.387 e. The summed E-state index contributed by atoms with van der Waals surface area (Å²) in [4.78, 5) is 14.2. The van der Waals surface area contributed by atoms with Gasteiger partial charge in [0.15, 0.2) is 23.7 Å². The number of halogens is 1. The molecule has 3 aromatic heterocycles. The Balaban J connectivity index is 1.38. The predicted molar refractivity (Wildman–Crippen MR) is 104 cm³/mol. The molecule has 8 nitrogen and oxygen atoms in total. The minimum absolute atomic E-state index is 0.0910. The highest BCUT2D eigenvalue weighted by molar-refractivity contribution is 5.89. The second-order valence-electron chi connectivity index (χ2n) is 6.23. The molecule has 0 atom stereocenters. The Morgan fingerprint density at radius 3 is 2.69 bits per heavy atom. The summed E-state index contributed by atoms with van der Waals surface area (Å²) in [6.45, 7) is 0.0910. The zero-order valence-electron chi connectivity index (χ0n) is 15.1. The van der Waals surface area contributed by atoms with E-state index >= 15 is 0 Å². The van der Waals surface area contributed by atoms with E-state index in [0.29, 0.717) is 17.1 Å². The number of nitrogens with zero attached hydrogens (tertiary/aromatic N) is 7. The van der Waals surface area contributed by atoms with Gasteiger partial charge in [0.2, 0.25) is 0 Å². The third-order valence-corrected chi connectivity index (χ3v) is 4.29. The van der Waals surface area contributed by atoms with Crippen molar-refractivity contribution >= 4 is 22.9 Å². The molecule has 0 unspecified atom stereocenters. The summed E-state index contributed by atoms with van der Waals surface area (Å²) in [5, 5.41) is 13.4. The van der Waals surface area contributed by atoms with E-state index in [2.05, 4.69) is 25.3 Å². The highest BCUT2D eigenvalue weighted by Crippen LogP contribution is 2.19. The minimum atomic E-state index is -0.299. The Kier molecular flexibility index (Phi) is 4.17. The normalized spacial score (nSPS) is 11.6. The molecule has 5 aromatic rings. The molecule has 29 heavy (non-hydrogen) atoms. The van der Waals surface area contributed by atoms with Gasteiger partial charge in [-0.15, -0.1) is 5.10 Å². The lowest BCUT2D eigenvalue weighted by molar-refractivity contribution is 0.126. The van der Waals surface area contributed by atoms with Gasteiger partial charge >= 0.3 is 0 Å². The average molecular weight is 387 g/mol. The third-order valence-electron chi connectivity index (χ3n) is 4.29. The van der Waals surface area contributed by atoms with Crippen LogP contribution in [0.15, 0.2) is 72.3 Å². The van der Waals surface area contributed by atoms with E-state index in [9.17, 15) is 4.39 Å². The lowest BCUT2D eigenvalue weighted by atomic mass is 10.2. The van der Waals surface area contributed by atoms with Crippen LogP contribution in [0.5, 0.6) is 0 Å². The molecule has 0 fully saturated rings. The van der Waals surface area contributed by atoms with E-state index in [1.54, 1.807) is 33.9 Å². The number of hydrogen-bond acceptors (Lipinski definition) is 6. The summed E-state index contributed by atoms with van der Waals surface area (Å²) in [5.74, 6) is 0.162. The van der Waals surface area contributed by atoms with Gasteiger partial charge in [-0.3, -0.25) is 0 Å². The second kappa shape index (κ2) is 7.12. The zero-order valence-corrected chi connectivity index (χ0v) is 15.1. The summed E-state index contributed by atoms with van der Waals surface area (Å²) in [5.41, 5.74) is 2.97. The average Bonchev–Trinajstić information content (AvgIpc) is 3.37. The topological polar surface area (TPSA) is 82.5 Å². The van der Waals surface area contributed by atoms with E-state index in [1.807, 2.05) is 30.3 Å². The number of rotatable bonds is 5. The van der Waals surface area contributed by atoms with Gasteiger partial charge in [0.1, 0.15) is 12.1 Å². The second-order valence-corrected chi connectivity index (χ2v) is 6.23. The first-order valence-electron chi connectivity index (χ1n) is 8.82. The molecule has 2 aromatic carbocycles. The maximum atomic E-state index is 12.9. The number of aromatic nitrogens is 6. The molecular formula is C20H14FN7O. The Bertz CT molecular complexity index is 1310. The number of hydrogen-bond donors (Lipinski definition) is 0. The van der Waals surface area contributed by atoms with Crippen molar-refractivity contribution in [3.63, 3.8) is 0 Å². The van der Waals surface area contributed by atoms with Crippen LogP contribution in [0.4, 0.5) is 4.39 Å². The number of fused-ring (bicyclic) bond motifs is 3. The van der Waals surface area contributed by atoms with E-state index in [1.165, 1.54) is 18.3 Å². The maximum absolute atomic E-state index is 12.9. The SMILES string of the molecule is Fc1ccc(C=NOCc2nc3c4cnn(-c5ccccc5)c4ncn3n2)cc1. The van der Waals surface area contributed by atoms with Gasteiger partial charge in [-0.25, -0.2) is 23.6 Å². The van der Waals surface area contributed by atoms with Crippen LogP contribution < -0.4 is 0 Å². The van der Waals surface area contributed by atoms with E-state index < -0.39 is 0 Å². The van der Waals surface area contributed by atoms with E-state index in [4.69, 9.17) is 4.84 Å². The van der Waals surface area contributed by atoms with Gasteiger partial charge in [-0.1, -0.05) is 35.5 Å². The van der Waals surface area contributed by atoms with Crippen molar-refractivity contribution in [3.05, 3.63) is 84.3 Å². The molecular weight excluding hydrogens is 373 g/mol. The van der Waals surface area contributed by atoms with E-state index in [0.717, 1.165) is 16.6 Å². The molecule has 0 amide bonds. The molecule has 0 aliphatic rings. The summed E-state index contributed by atoms with van der Waals surface area (Å²) >= 11 is 0. The third kappa shape index (κ3) is 3.29. The van der Waals surface area contributed by atoms with Gasteiger partial charge in [0.25, 0.3) is 0 Å². The molecule has 0 aliphatic carbocycles. The van der Waals surface area contributed by atoms with Crippen molar-refractivity contribution in [2.24, 2.45) is 5.16 Å². The van der Waals surface area contributed by atoms with Crippen molar-refractivity contribution < 1.29 is 9.23 Å². The highest BCUT2D eigenvalue weighted by Gasteiger charge is 2.13. The van der Waals surface area contributed by atoms with Crippen LogP contribution in [0, 0.1) is 5.82 Å². The summed E-state index contributed by atoms with van der Waals surface area (Å²) in [6.07, 6.45) is 4.81. The van der Waals surface area contributed by atoms with Crippen molar-refractivity contribution in [3.8, 4) is 5.69 Å². The Hall–Kier alpha value is -4.14. The Morgan fingerprint density at radius 2 is 1.86 bits per heavy atom. The number of para-hydroxylation sites is 1. The van der Waals surface area contributed by atoms with Crippen LogP contribution in [0.1, 0.15) is 11.4 Å². The van der Waals surface area contributed by atoms with E-state index in [-0.39, 0.29) is 12.4 Å². The summed E-state index contributed by atoms with van der Waals surface area (Å²) < 4.78 is 16.2. The van der Waals surface area contributed by atoms with Crippen LogP contribution in [-0.2, 0) is 11.4 Å². The molecule has 9 heteroatoms. The molecule has 0 spiro atoms. The maximum Gasteiger partial charge on any atom is 0.192 e. The number of oxime groups is 1. The first kappa shape index (κ1) is 17.0. The molecule has 0 N–H and O–H groups in total. The monoisotopic (exact) mass is 387 g/mol. The lowest BCUT2D eigenvalue weighted by Gasteiger charge is -2.01. The fourth-order valence-electron chi connectivity index (χ4n) is 2.93. The summed E-state index contributed by atoms with van der Waals surface area (Å²) in [6, 6.07) is 15.7.